The van der Waals surface area contributed by atoms with Crippen molar-refractivity contribution in [1.82, 2.24) is 4.90 Å². The van der Waals surface area contributed by atoms with Crippen LogP contribution in [0.3, 0.4) is 0 Å². The molecule has 0 radical (unpaired) electrons. The van der Waals surface area contributed by atoms with Gasteiger partial charge in [-0.05, 0) is 12.1 Å². The number of carbonyl (C=O) groups excluding carboxylic acids is 2. The molecule has 1 amide bonds. The Hall–Kier alpha value is -3.88. The van der Waals surface area contributed by atoms with Gasteiger partial charge in [0.2, 0.25) is 12.9 Å². The number of ether oxygens (including phenoxy) is 3. The fourth-order valence-corrected chi connectivity index (χ4v) is 2.68. The molecule has 9 nitrogen and oxygen atoms in total. The first-order chi connectivity index (χ1) is 13.9. The van der Waals surface area contributed by atoms with E-state index in [-0.39, 0.29) is 23.8 Å². The Balaban J connectivity index is 1.83. The predicted octanol–water partition coefficient (Wildman–Crippen LogP) is 2.71. The number of nitro benzene ring substituents is 1. The smallest absolute Gasteiger partial charge is 0.331 e. The Morgan fingerprint density at radius 2 is 1.83 bits per heavy atom. The summed E-state index contributed by atoms with van der Waals surface area (Å²) in [7, 11) is 3.11. The van der Waals surface area contributed by atoms with Crippen molar-refractivity contribution in [3.8, 4) is 11.5 Å². The second-order valence-corrected chi connectivity index (χ2v) is 6.32. The molecule has 0 aromatic heterocycles. The number of esters is 1. The number of amides is 1. The molecule has 0 bridgehead atoms. The van der Waals surface area contributed by atoms with Crippen LogP contribution in [-0.4, -0.2) is 42.6 Å². The Kier molecular flexibility index (Phi) is 5.77. The summed E-state index contributed by atoms with van der Waals surface area (Å²) in [4.78, 5) is 36.8. The largest absolute Gasteiger partial charge is 0.454 e. The Labute approximate surface area is 166 Å². The number of rotatable bonds is 6. The highest BCUT2D eigenvalue weighted by Crippen LogP contribution is 2.38. The van der Waals surface area contributed by atoms with Crippen LogP contribution in [0, 0.1) is 10.1 Å². The number of nitrogens with zero attached hydrogens (tertiary/aromatic N) is 2. The second kappa shape index (κ2) is 8.42. The minimum atomic E-state index is -1.13. The highest BCUT2D eigenvalue weighted by Gasteiger charge is 2.26. The molecule has 1 aliphatic heterocycles. The van der Waals surface area contributed by atoms with Gasteiger partial charge in [-0.1, -0.05) is 30.3 Å². The van der Waals surface area contributed by atoms with Gasteiger partial charge >= 0.3 is 5.97 Å². The molecular formula is C20H18N2O7. The average Bonchev–Trinajstić information content (AvgIpc) is 3.17. The summed E-state index contributed by atoms with van der Waals surface area (Å²) < 4.78 is 15.7. The van der Waals surface area contributed by atoms with E-state index < -0.39 is 22.9 Å². The van der Waals surface area contributed by atoms with Gasteiger partial charge in [-0.2, -0.15) is 0 Å². The molecule has 0 spiro atoms. The van der Waals surface area contributed by atoms with Crippen molar-refractivity contribution in [2.45, 2.75) is 6.10 Å². The molecule has 29 heavy (non-hydrogen) atoms. The van der Waals surface area contributed by atoms with E-state index in [0.29, 0.717) is 11.3 Å². The molecule has 0 fully saturated rings. The van der Waals surface area contributed by atoms with E-state index in [4.69, 9.17) is 14.2 Å². The van der Waals surface area contributed by atoms with Gasteiger partial charge in [0, 0.05) is 25.7 Å². The van der Waals surface area contributed by atoms with Crippen LogP contribution in [-0.2, 0) is 14.3 Å². The van der Waals surface area contributed by atoms with Crippen molar-refractivity contribution >= 4 is 23.6 Å². The summed E-state index contributed by atoms with van der Waals surface area (Å²) in [5, 5.41) is 11.3. The lowest BCUT2D eigenvalue weighted by atomic mass is 10.1. The second-order valence-electron chi connectivity index (χ2n) is 6.32. The summed E-state index contributed by atoms with van der Waals surface area (Å²) in [6, 6.07) is 11.2. The van der Waals surface area contributed by atoms with Gasteiger partial charge in [0.05, 0.1) is 16.6 Å². The predicted molar refractivity (Wildman–Crippen MR) is 102 cm³/mol. The highest BCUT2D eigenvalue weighted by molar-refractivity contribution is 5.91. The number of carbonyl (C=O) groups is 2. The summed E-state index contributed by atoms with van der Waals surface area (Å²) in [5.74, 6) is -0.626. The van der Waals surface area contributed by atoms with E-state index in [9.17, 15) is 19.7 Å². The van der Waals surface area contributed by atoms with Crippen molar-refractivity contribution < 1.29 is 28.7 Å². The van der Waals surface area contributed by atoms with E-state index in [1.54, 1.807) is 44.4 Å². The normalized spacial score (nSPS) is 13.2. The fourth-order valence-electron chi connectivity index (χ4n) is 2.68. The zero-order chi connectivity index (χ0) is 21.0. The number of hydrogen-bond donors (Lipinski definition) is 0. The van der Waals surface area contributed by atoms with Gasteiger partial charge in [0.1, 0.15) is 0 Å². The fraction of sp³-hybridized carbons (Fsp3) is 0.200. The topological polar surface area (TPSA) is 108 Å². The maximum absolute atomic E-state index is 12.4. The molecule has 1 atom stereocenters. The first-order valence-corrected chi connectivity index (χ1v) is 8.59. The van der Waals surface area contributed by atoms with Crippen LogP contribution < -0.4 is 9.47 Å². The molecule has 1 aliphatic rings. The molecule has 150 valence electrons. The third-order valence-corrected chi connectivity index (χ3v) is 4.12. The van der Waals surface area contributed by atoms with Crippen LogP contribution in [0.5, 0.6) is 11.5 Å². The maximum atomic E-state index is 12.4. The number of fused-ring (bicyclic) bond motifs is 1. The molecule has 0 unspecified atom stereocenters. The van der Waals surface area contributed by atoms with Crippen LogP contribution in [0.2, 0.25) is 0 Å². The lowest BCUT2D eigenvalue weighted by Gasteiger charge is -2.20. The van der Waals surface area contributed by atoms with E-state index in [0.717, 1.165) is 6.08 Å². The molecule has 2 aromatic rings. The van der Waals surface area contributed by atoms with Gasteiger partial charge in [0.15, 0.2) is 11.5 Å². The minimum Gasteiger partial charge on any atom is -0.454 e. The summed E-state index contributed by atoms with van der Waals surface area (Å²) >= 11 is 0. The summed E-state index contributed by atoms with van der Waals surface area (Å²) in [6.45, 7) is -0.0346. The average molecular weight is 398 g/mol. The lowest BCUT2D eigenvalue weighted by molar-refractivity contribution is -0.385. The van der Waals surface area contributed by atoms with Gasteiger partial charge in [-0.3, -0.25) is 14.9 Å². The maximum Gasteiger partial charge on any atom is 0.331 e. The third-order valence-electron chi connectivity index (χ3n) is 4.12. The Morgan fingerprint density at radius 3 is 2.45 bits per heavy atom. The van der Waals surface area contributed by atoms with Crippen molar-refractivity contribution in [2.75, 3.05) is 20.9 Å². The molecule has 0 N–H and O–H groups in total. The molecule has 0 saturated carbocycles. The molecule has 2 aromatic carbocycles. The molecule has 0 aliphatic carbocycles. The van der Waals surface area contributed by atoms with Crippen molar-refractivity contribution in [1.29, 1.82) is 0 Å². The number of benzene rings is 2. The first-order valence-electron chi connectivity index (χ1n) is 8.59. The molecule has 9 heteroatoms. The van der Waals surface area contributed by atoms with Crippen molar-refractivity contribution in [2.24, 2.45) is 0 Å². The van der Waals surface area contributed by atoms with Gasteiger partial charge < -0.3 is 19.1 Å². The molecule has 0 saturated heterocycles. The minimum absolute atomic E-state index is 0.0346. The number of likely N-dealkylation sites (N-methyl/N-ethyl adjacent to an activating group) is 1. The first kappa shape index (κ1) is 19.9. The van der Waals surface area contributed by atoms with E-state index in [2.05, 4.69) is 0 Å². The summed E-state index contributed by atoms with van der Waals surface area (Å²) in [6.07, 6.45) is 1.14. The number of hydrogen-bond acceptors (Lipinski definition) is 7. The van der Waals surface area contributed by atoms with Crippen molar-refractivity contribution in [3.63, 3.8) is 0 Å². The van der Waals surface area contributed by atoms with Crippen LogP contribution in [0.4, 0.5) is 5.69 Å². The van der Waals surface area contributed by atoms with Crippen LogP contribution in [0.25, 0.3) is 6.08 Å². The zero-order valence-corrected chi connectivity index (χ0v) is 15.7. The van der Waals surface area contributed by atoms with Gasteiger partial charge in [0.25, 0.3) is 11.6 Å². The SMILES string of the molecule is CN(C)C(=O)[C@@H](OC(=O)/C=C/c1cc2c(cc1[N+](=O)[O-])OCO2)c1ccccc1. The van der Waals surface area contributed by atoms with Crippen LogP contribution >= 0.6 is 0 Å². The Bertz CT molecular complexity index is 970. The standard InChI is InChI=1S/C20H18N2O7/c1-21(2)20(24)19(13-6-4-3-5-7-13)29-18(23)9-8-14-10-16-17(28-12-27-16)11-15(14)22(25)26/h3-11,19H,12H2,1-2H3/b9-8+/t19-/m0/s1. The Morgan fingerprint density at radius 1 is 1.17 bits per heavy atom. The molecular weight excluding hydrogens is 380 g/mol. The number of nitro groups is 1. The quantitative estimate of drug-likeness (QED) is 0.319. The summed E-state index contributed by atoms with van der Waals surface area (Å²) in [5.41, 5.74) is 0.413. The van der Waals surface area contributed by atoms with E-state index in [1.165, 1.54) is 23.1 Å². The third kappa shape index (κ3) is 4.52. The lowest BCUT2D eigenvalue weighted by Crippen LogP contribution is -2.30. The highest BCUT2D eigenvalue weighted by atomic mass is 16.7. The zero-order valence-electron chi connectivity index (χ0n) is 15.7. The monoisotopic (exact) mass is 398 g/mol. The van der Waals surface area contributed by atoms with E-state index >= 15 is 0 Å². The molecule has 3 rings (SSSR count). The van der Waals surface area contributed by atoms with Gasteiger partial charge in [-0.25, -0.2) is 4.79 Å². The molecule has 1 heterocycles. The van der Waals surface area contributed by atoms with Crippen LogP contribution in [0.1, 0.15) is 17.2 Å². The van der Waals surface area contributed by atoms with Crippen molar-refractivity contribution in [3.05, 3.63) is 69.8 Å². The van der Waals surface area contributed by atoms with Gasteiger partial charge in [-0.15, -0.1) is 0 Å². The van der Waals surface area contributed by atoms with Crippen LogP contribution in [0.15, 0.2) is 48.5 Å². The van der Waals surface area contributed by atoms with E-state index in [1.807, 2.05) is 0 Å².